The highest BCUT2D eigenvalue weighted by Gasteiger charge is 2.35. The first-order chi connectivity index (χ1) is 7.14. The molecule has 0 saturated carbocycles. The lowest BCUT2D eigenvalue weighted by atomic mass is 9.90. The SMILES string of the molecule is CCC/C=C1\C(=O)C=CC1(O)CCCC. The summed E-state index contributed by atoms with van der Waals surface area (Å²) in [4.78, 5) is 11.5. The topological polar surface area (TPSA) is 37.3 Å². The molecule has 0 aliphatic heterocycles. The van der Waals surface area contributed by atoms with Crippen LogP contribution < -0.4 is 0 Å². The van der Waals surface area contributed by atoms with Crippen molar-refractivity contribution in [1.82, 2.24) is 0 Å². The predicted octanol–water partition coefficient (Wildman–Crippen LogP) is 2.77. The predicted molar refractivity (Wildman–Crippen MR) is 61.6 cm³/mol. The first-order valence-corrected chi connectivity index (χ1v) is 5.80. The second-order valence-corrected chi connectivity index (χ2v) is 4.13. The van der Waals surface area contributed by atoms with Crippen LogP contribution in [0.25, 0.3) is 0 Å². The number of carbonyl (C=O) groups is 1. The molecule has 1 aliphatic rings. The number of rotatable bonds is 5. The minimum absolute atomic E-state index is 0.0259. The lowest BCUT2D eigenvalue weighted by Crippen LogP contribution is -2.27. The summed E-state index contributed by atoms with van der Waals surface area (Å²) in [7, 11) is 0. The summed E-state index contributed by atoms with van der Waals surface area (Å²) >= 11 is 0. The van der Waals surface area contributed by atoms with Crippen LogP contribution in [0.4, 0.5) is 0 Å². The molecule has 1 unspecified atom stereocenters. The van der Waals surface area contributed by atoms with Crippen LogP contribution in [-0.4, -0.2) is 16.5 Å². The van der Waals surface area contributed by atoms with Gasteiger partial charge in [-0.2, -0.15) is 0 Å². The lowest BCUT2D eigenvalue weighted by Gasteiger charge is -2.22. The van der Waals surface area contributed by atoms with Gasteiger partial charge in [-0.1, -0.05) is 39.2 Å². The molecule has 1 aliphatic carbocycles. The summed E-state index contributed by atoms with van der Waals surface area (Å²) in [6.07, 6.45) is 9.52. The number of aliphatic hydroxyl groups is 1. The van der Waals surface area contributed by atoms with Gasteiger partial charge >= 0.3 is 0 Å². The molecular formula is C13H20O2. The first kappa shape index (κ1) is 12.2. The Morgan fingerprint density at radius 3 is 2.73 bits per heavy atom. The molecule has 0 saturated heterocycles. The lowest BCUT2D eigenvalue weighted by molar-refractivity contribution is -0.112. The fourth-order valence-corrected chi connectivity index (χ4v) is 1.84. The van der Waals surface area contributed by atoms with Crippen LogP contribution in [0, 0.1) is 0 Å². The van der Waals surface area contributed by atoms with Crippen molar-refractivity contribution in [3.63, 3.8) is 0 Å². The second-order valence-electron chi connectivity index (χ2n) is 4.13. The second kappa shape index (κ2) is 5.26. The molecule has 0 radical (unpaired) electrons. The molecule has 1 rings (SSSR count). The van der Waals surface area contributed by atoms with Gasteiger partial charge in [0.2, 0.25) is 0 Å². The minimum atomic E-state index is -0.984. The fraction of sp³-hybridized carbons (Fsp3) is 0.615. The number of allylic oxidation sites excluding steroid dienone is 2. The Hall–Kier alpha value is -0.890. The van der Waals surface area contributed by atoms with Gasteiger partial charge in [-0.15, -0.1) is 0 Å². The standard InChI is InChI=1S/C13H20O2/c1-3-5-7-11-12(14)8-10-13(11,15)9-6-4-2/h7-8,10,15H,3-6,9H2,1-2H3/b11-7+. The zero-order valence-electron chi connectivity index (χ0n) is 9.62. The molecule has 0 aromatic rings. The molecule has 2 heteroatoms. The van der Waals surface area contributed by atoms with Crippen LogP contribution in [0.2, 0.25) is 0 Å². The van der Waals surface area contributed by atoms with Crippen molar-refractivity contribution in [2.24, 2.45) is 0 Å². The van der Waals surface area contributed by atoms with E-state index in [4.69, 9.17) is 0 Å². The van der Waals surface area contributed by atoms with Crippen LogP contribution in [0.3, 0.4) is 0 Å². The normalized spacial score (nSPS) is 27.9. The minimum Gasteiger partial charge on any atom is -0.381 e. The molecule has 15 heavy (non-hydrogen) atoms. The van der Waals surface area contributed by atoms with E-state index >= 15 is 0 Å². The van der Waals surface area contributed by atoms with Crippen molar-refractivity contribution >= 4 is 5.78 Å². The summed E-state index contributed by atoms with van der Waals surface area (Å²) in [5.41, 5.74) is -0.403. The number of unbranched alkanes of at least 4 members (excludes halogenated alkanes) is 2. The maximum absolute atomic E-state index is 11.5. The molecule has 0 bridgehead atoms. The van der Waals surface area contributed by atoms with Crippen molar-refractivity contribution < 1.29 is 9.90 Å². The number of carbonyl (C=O) groups excluding carboxylic acids is 1. The van der Waals surface area contributed by atoms with Crippen molar-refractivity contribution in [2.75, 3.05) is 0 Å². The third-order valence-electron chi connectivity index (χ3n) is 2.79. The van der Waals surface area contributed by atoms with E-state index in [1.54, 1.807) is 6.08 Å². The monoisotopic (exact) mass is 208 g/mol. The molecule has 1 atom stereocenters. The van der Waals surface area contributed by atoms with Gasteiger partial charge in [-0.05, 0) is 25.0 Å². The van der Waals surface area contributed by atoms with E-state index in [1.165, 1.54) is 6.08 Å². The maximum atomic E-state index is 11.5. The molecule has 0 amide bonds. The van der Waals surface area contributed by atoms with Gasteiger partial charge in [0, 0.05) is 5.57 Å². The van der Waals surface area contributed by atoms with Crippen LogP contribution in [0.15, 0.2) is 23.8 Å². The van der Waals surface area contributed by atoms with E-state index < -0.39 is 5.60 Å². The van der Waals surface area contributed by atoms with Crippen molar-refractivity contribution in [3.8, 4) is 0 Å². The van der Waals surface area contributed by atoms with Crippen LogP contribution in [0.5, 0.6) is 0 Å². The Kier molecular flexibility index (Phi) is 4.28. The van der Waals surface area contributed by atoms with E-state index in [2.05, 4.69) is 13.8 Å². The highest BCUT2D eigenvalue weighted by molar-refractivity contribution is 6.08. The number of hydrogen-bond donors (Lipinski definition) is 1. The molecule has 2 nitrogen and oxygen atoms in total. The van der Waals surface area contributed by atoms with Crippen LogP contribution in [0.1, 0.15) is 46.0 Å². The van der Waals surface area contributed by atoms with Gasteiger partial charge in [0.05, 0.1) is 0 Å². The molecule has 0 fully saturated rings. The number of ketones is 1. The Bertz CT molecular complexity index is 289. The Balaban J connectivity index is 2.77. The largest absolute Gasteiger partial charge is 0.381 e. The molecule has 0 aromatic heterocycles. The Morgan fingerprint density at radius 2 is 2.13 bits per heavy atom. The van der Waals surface area contributed by atoms with Gasteiger partial charge in [-0.25, -0.2) is 0 Å². The summed E-state index contributed by atoms with van der Waals surface area (Å²) in [5.74, 6) is -0.0259. The summed E-state index contributed by atoms with van der Waals surface area (Å²) in [5, 5.41) is 10.3. The van der Waals surface area contributed by atoms with Crippen molar-refractivity contribution in [3.05, 3.63) is 23.8 Å². The number of hydrogen-bond acceptors (Lipinski definition) is 2. The third-order valence-corrected chi connectivity index (χ3v) is 2.79. The molecular weight excluding hydrogens is 188 g/mol. The highest BCUT2D eigenvalue weighted by Crippen LogP contribution is 2.31. The molecule has 0 aromatic carbocycles. The molecule has 84 valence electrons. The third kappa shape index (κ3) is 2.78. The van der Waals surface area contributed by atoms with Crippen molar-refractivity contribution in [1.29, 1.82) is 0 Å². The van der Waals surface area contributed by atoms with E-state index in [9.17, 15) is 9.90 Å². The van der Waals surface area contributed by atoms with Crippen molar-refractivity contribution in [2.45, 2.75) is 51.6 Å². The zero-order chi connectivity index (χ0) is 11.3. The van der Waals surface area contributed by atoms with Gasteiger partial charge in [0.25, 0.3) is 0 Å². The van der Waals surface area contributed by atoms with Gasteiger partial charge < -0.3 is 5.11 Å². The fourth-order valence-electron chi connectivity index (χ4n) is 1.84. The molecule has 0 heterocycles. The summed E-state index contributed by atoms with van der Waals surface area (Å²) in [6, 6.07) is 0. The smallest absolute Gasteiger partial charge is 0.184 e. The van der Waals surface area contributed by atoms with Gasteiger partial charge in [0.15, 0.2) is 5.78 Å². The van der Waals surface area contributed by atoms with E-state index in [-0.39, 0.29) is 5.78 Å². The average Bonchev–Trinajstić information content (AvgIpc) is 2.50. The van der Waals surface area contributed by atoms with Crippen LogP contribution >= 0.6 is 0 Å². The average molecular weight is 208 g/mol. The summed E-state index contributed by atoms with van der Waals surface area (Å²) in [6.45, 7) is 4.15. The van der Waals surface area contributed by atoms with Gasteiger partial charge in [0.1, 0.15) is 5.60 Å². The molecule has 1 N–H and O–H groups in total. The summed E-state index contributed by atoms with van der Waals surface area (Å²) < 4.78 is 0. The maximum Gasteiger partial charge on any atom is 0.184 e. The Morgan fingerprint density at radius 1 is 1.40 bits per heavy atom. The first-order valence-electron chi connectivity index (χ1n) is 5.80. The highest BCUT2D eigenvalue weighted by atomic mass is 16.3. The van der Waals surface area contributed by atoms with Gasteiger partial charge in [-0.3, -0.25) is 4.79 Å². The van der Waals surface area contributed by atoms with E-state index in [0.717, 1.165) is 25.7 Å². The van der Waals surface area contributed by atoms with Crippen LogP contribution in [-0.2, 0) is 4.79 Å². The Labute approximate surface area is 91.7 Å². The van der Waals surface area contributed by atoms with E-state index in [0.29, 0.717) is 12.0 Å². The molecule has 0 spiro atoms. The van der Waals surface area contributed by atoms with E-state index in [1.807, 2.05) is 6.08 Å². The quantitative estimate of drug-likeness (QED) is 0.705. The zero-order valence-corrected chi connectivity index (χ0v) is 9.62.